The van der Waals surface area contributed by atoms with Crippen molar-refractivity contribution in [1.82, 2.24) is 20.4 Å². The molecule has 1 saturated heterocycles. The topological polar surface area (TPSA) is 77.4 Å². The van der Waals surface area contributed by atoms with Crippen LogP contribution in [0.15, 0.2) is 54.8 Å². The van der Waals surface area contributed by atoms with Crippen molar-refractivity contribution in [1.29, 1.82) is 0 Å². The Bertz CT molecular complexity index is 1340. The summed E-state index contributed by atoms with van der Waals surface area (Å²) >= 11 is 0. The molecule has 0 saturated carbocycles. The summed E-state index contributed by atoms with van der Waals surface area (Å²) in [5.41, 5.74) is 14.6. The van der Waals surface area contributed by atoms with Crippen molar-refractivity contribution in [2.75, 3.05) is 26.8 Å². The Morgan fingerprint density at radius 2 is 1.90 bits per heavy atom. The lowest BCUT2D eigenvalue weighted by Crippen LogP contribution is -2.37. The molecule has 1 aliphatic heterocycles. The van der Waals surface area contributed by atoms with Gasteiger partial charge in [0, 0.05) is 54.8 Å². The predicted octanol–water partition coefficient (Wildman–Crippen LogP) is 7.03. The van der Waals surface area contributed by atoms with Crippen LogP contribution in [-0.4, -0.2) is 42.8 Å². The fourth-order valence-electron chi connectivity index (χ4n) is 5.32. The lowest BCUT2D eigenvalue weighted by Gasteiger charge is -2.25. The summed E-state index contributed by atoms with van der Waals surface area (Å²) in [5.74, 6) is 0. The molecule has 2 aromatic heterocycles. The van der Waals surface area contributed by atoms with E-state index in [1.807, 2.05) is 19.2 Å². The Labute approximate surface area is 246 Å². The number of carbonyl (C=O) groups is 1. The number of hydrogen-bond donors (Lipinski definition) is 2. The molecule has 3 heterocycles. The lowest BCUT2D eigenvalue weighted by molar-refractivity contribution is -0.131. The molecule has 7 nitrogen and oxygen atoms in total. The smallest absolute Gasteiger partial charge is 0.293 e. The molecule has 3 aromatic rings. The standard InChI is InChI=1S/C30H38N2O3.C4H10N2/c1-9-32-27-13-12-23(21(4)15-20(2)3)16-25(27)26(17-30(6,7)18-35-19-33)29(32)24-11-10-14-31-28(24)22(5)34-8;1-2-4-6-5-3-1/h10-16,19,22H,4,9,17-18H2,1-3,5-8H3;5-6H,1-4H2. The van der Waals surface area contributed by atoms with Crippen molar-refractivity contribution in [3.8, 4) is 11.3 Å². The highest BCUT2D eigenvalue weighted by molar-refractivity contribution is 5.95. The van der Waals surface area contributed by atoms with E-state index in [0.29, 0.717) is 13.1 Å². The normalized spacial score (nSPS) is 14.1. The van der Waals surface area contributed by atoms with Crippen LogP contribution in [0.25, 0.3) is 27.7 Å². The molecule has 0 radical (unpaired) electrons. The zero-order valence-electron chi connectivity index (χ0n) is 26.0. The van der Waals surface area contributed by atoms with Gasteiger partial charge >= 0.3 is 0 Å². The van der Waals surface area contributed by atoms with Crippen LogP contribution in [-0.2, 0) is 27.2 Å². The number of ether oxygens (including phenoxy) is 2. The highest BCUT2D eigenvalue weighted by Crippen LogP contribution is 2.41. The van der Waals surface area contributed by atoms with Crippen molar-refractivity contribution in [2.45, 2.75) is 73.5 Å². The predicted molar refractivity (Wildman–Crippen MR) is 169 cm³/mol. The number of methoxy groups -OCH3 is 1. The van der Waals surface area contributed by atoms with E-state index in [4.69, 9.17) is 14.5 Å². The van der Waals surface area contributed by atoms with Crippen LogP contribution < -0.4 is 10.9 Å². The molecule has 1 unspecified atom stereocenters. The second-order valence-corrected chi connectivity index (χ2v) is 11.7. The molecule has 0 aliphatic carbocycles. The number of allylic oxidation sites excluding steroid dienone is 3. The number of hydrogen-bond acceptors (Lipinski definition) is 6. The van der Waals surface area contributed by atoms with Gasteiger partial charge in [-0.3, -0.25) is 20.6 Å². The number of benzene rings is 1. The van der Waals surface area contributed by atoms with Crippen LogP contribution in [0.3, 0.4) is 0 Å². The fourth-order valence-corrected chi connectivity index (χ4v) is 5.32. The third-order valence-corrected chi connectivity index (χ3v) is 7.33. The first-order chi connectivity index (χ1) is 19.6. The van der Waals surface area contributed by atoms with Crippen LogP contribution in [0, 0.1) is 5.41 Å². The monoisotopic (exact) mass is 560 g/mol. The van der Waals surface area contributed by atoms with Crippen molar-refractivity contribution < 1.29 is 14.3 Å². The van der Waals surface area contributed by atoms with Gasteiger partial charge in [-0.2, -0.15) is 0 Å². The van der Waals surface area contributed by atoms with Gasteiger partial charge in [0.05, 0.1) is 24.1 Å². The van der Waals surface area contributed by atoms with Gasteiger partial charge in [0.2, 0.25) is 0 Å². The molecule has 1 aliphatic rings. The van der Waals surface area contributed by atoms with Crippen LogP contribution in [0.4, 0.5) is 0 Å². The molecule has 2 N–H and O–H groups in total. The number of nitrogens with one attached hydrogen (secondary N) is 2. The summed E-state index contributed by atoms with van der Waals surface area (Å²) in [4.78, 5) is 15.7. The lowest BCUT2D eigenvalue weighted by atomic mass is 9.84. The first-order valence-corrected chi connectivity index (χ1v) is 14.6. The number of hydrazine groups is 1. The van der Waals surface area contributed by atoms with E-state index in [2.05, 4.69) is 87.0 Å². The molecule has 1 fully saturated rings. The second kappa shape index (κ2) is 15.1. The molecule has 7 heteroatoms. The minimum Gasteiger partial charge on any atom is -0.467 e. The zero-order valence-corrected chi connectivity index (χ0v) is 26.0. The SMILES string of the molecule is C1CCNNC1.C=C(C=C(C)C)c1ccc2c(c1)c(CC(C)(C)COC=O)c(-c1cccnc1C(C)OC)n2CC. The molecule has 1 aromatic carbocycles. The quantitative estimate of drug-likeness (QED) is 0.194. The Balaban J connectivity index is 0.000000681. The molecule has 222 valence electrons. The number of aryl methyl sites for hydroxylation is 1. The van der Waals surface area contributed by atoms with Gasteiger partial charge in [-0.05, 0) is 87.9 Å². The van der Waals surface area contributed by atoms with Crippen molar-refractivity contribution in [3.63, 3.8) is 0 Å². The van der Waals surface area contributed by atoms with Gasteiger partial charge in [0.25, 0.3) is 6.47 Å². The molecule has 0 spiro atoms. The highest BCUT2D eigenvalue weighted by atomic mass is 16.5. The molecular formula is C34H48N4O3. The first-order valence-electron chi connectivity index (χ1n) is 14.6. The van der Waals surface area contributed by atoms with Gasteiger partial charge in [-0.25, -0.2) is 0 Å². The molecule has 1 atom stereocenters. The van der Waals surface area contributed by atoms with Crippen LogP contribution >= 0.6 is 0 Å². The number of fused-ring (bicyclic) bond motifs is 1. The Morgan fingerprint density at radius 1 is 1.20 bits per heavy atom. The van der Waals surface area contributed by atoms with Gasteiger partial charge in [-0.1, -0.05) is 38.1 Å². The molecule has 0 amide bonds. The first kappa shape index (κ1) is 32.3. The summed E-state index contributed by atoms with van der Waals surface area (Å²) < 4.78 is 13.2. The van der Waals surface area contributed by atoms with Gasteiger partial charge < -0.3 is 14.0 Å². The number of rotatable bonds is 11. The van der Waals surface area contributed by atoms with E-state index < -0.39 is 0 Å². The fraction of sp³-hybridized carbons (Fsp3) is 0.471. The Hall–Kier alpha value is -3.26. The summed E-state index contributed by atoms with van der Waals surface area (Å²) in [7, 11) is 1.71. The molecule has 0 bridgehead atoms. The minimum atomic E-state index is -0.259. The minimum absolute atomic E-state index is 0.151. The molecule has 4 rings (SSSR count). The summed E-state index contributed by atoms with van der Waals surface area (Å²) in [6.45, 7) is 20.9. The maximum absolute atomic E-state index is 11.0. The van der Waals surface area contributed by atoms with Crippen LogP contribution in [0.1, 0.15) is 77.3 Å². The van der Waals surface area contributed by atoms with Gasteiger partial charge in [0.15, 0.2) is 0 Å². The number of carbonyl (C=O) groups excluding carboxylic acids is 1. The molecular weight excluding hydrogens is 512 g/mol. The van der Waals surface area contributed by atoms with E-state index >= 15 is 0 Å². The average molecular weight is 561 g/mol. The second-order valence-electron chi connectivity index (χ2n) is 11.7. The van der Waals surface area contributed by atoms with E-state index in [1.54, 1.807) is 7.11 Å². The number of nitrogens with zero attached hydrogens (tertiary/aromatic N) is 2. The van der Waals surface area contributed by atoms with Gasteiger partial charge in [0.1, 0.15) is 0 Å². The van der Waals surface area contributed by atoms with E-state index in [9.17, 15) is 4.79 Å². The van der Waals surface area contributed by atoms with Crippen molar-refractivity contribution in [2.24, 2.45) is 5.41 Å². The number of pyridine rings is 1. The average Bonchev–Trinajstić information content (AvgIpc) is 3.28. The van der Waals surface area contributed by atoms with Crippen LogP contribution in [0.2, 0.25) is 0 Å². The highest BCUT2D eigenvalue weighted by Gasteiger charge is 2.28. The van der Waals surface area contributed by atoms with E-state index in [-0.39, 0.29) is 11.5 Å². The summed E-state index contributed by atoms with van der Waals surface area (Å²) in [5, 5.41) is 1.18. The van der Waals surface area contributed by atoms with Crippen molar-refractivity contribution in [3.05, 3.63) is 71.6 Å². The Kier molecular flexibility index (Phi) is 11.9. The molecule has 41 heavy (non-hydrogen) atoms. The Morgan fingerprint density at radius 3 is 2.46 bits per heavy atom. The summed E-state index contributed by atoms with van der Waals surface area (Å²) in [6, 6.07) is 10.7. The van der Waals surface area contributed by atoms with E-state index in [0.717, 1.165) is 54.1 Å². The van der Waals surface area contributed by atoms with Crippen LogP contribution in [0.5, 0.6) is 0 Å². The largest absolute Gasteiger partial charge is 0.467 e. The van der Waals surface area contributed by atoms with Gasteiger partial charge in [-0.15, -0.1) is 0 Å². The number of aromatic nitrogens is 2. The zero-order chi connectivity index (χ0) is 30.0. The maximum Gasteiger partial charge on any atom is 0.293 e. The van der Waals surface area contributed by atoms with Crippen molar-refractivity contribution >= 4 is 22.9 Å². The maximum atomic E-state index is 11.0. The summed E-state index contributed by atoms with van der Waals surface area (Å²) in [6.07, 6.45) is 7.16. The third kappa shape index (κ3) is 8.38. The third-order valence-electron chi connectivity index (χ3n) is 7.33. The van der Waals surface area contributed by atoms with E-state index in [1.165, 1.54) is 34.9 Å².